The molecule has 2 aromatic rings. The highest BCUT2D eigenvalue weighted by Gasteiger charge is 2.05. The Morgan fingerprint density at radius 1 is 1.16 bits per heavy atom. The molecule has 0 aromatic heterocycles. The molecule has 2 nitrogen and oxygen atoms in total. The average molecular weight is 318 g/mol. The molecule has 0 atom stereocenters. The Kier molecular flexibility index (Phi) is 4.74. The lowest BCUT2D eigenvalue weighted by molar-refractivity contribution is 0.112. The molecule has 0 saturated heterocycles. The molecular weight excluding hydrogens is 302 g/mol. The number of hydrogen-bond donors (Lipinski definition) is 0. The summed E-state index contributed by atoms with van der Waals surface area (Å²) >= 11 is 3.41. The van der Waals surface area contributed by atoms with Crippen molar-refractivity contribution in [2.45, 2.75) is 6.42 Å². The summed E-state index contributed by atoms with van der Waals surface area (Å²) in [7, 11) is 2.06. The van der Waals surface area contributed by atoms with Crippen molar-refractivity contribution in [3.63, 3.8) is 0 Å². The quantitative estimate of drug-likeness (QED) is 0.778. The highest BCUT2D eigenvalue weighted by atomic mass is 79.9. The van der Waals surface area contributed by atoms with Crippen molar-refractivity contribution in [3.8, 4) is 0 Å². The van der Waals surface area contributed by atoms with Gasteiger partial charge in [0.2, 0.25) is 0 Å². The van der Waals surface area contributed by atoms with Crippen LogP contribution in [0.15, 0.2) is 53.0 Å². The Morgan fingerprint density at radius 3 is 2.53 bits per heavy atom. The topological polar surface area (TPSA) is 20.3 Å². The van der Waals surface area contributed by atoms with Crippen molar-refractivity contribution >= 4 is 27.9 Å². The molecular formula is C16H16BrNO. The second-order valence-electron chi connectivity index (χ2n) is 4.48. The highest BCUT2D eigenvalue weighted by molar-refractivity contribution is 9.10. The first kappa shape index (κ1) is 13.8. The van der Waals surface area contributed by atoms with Crippen molar-refractivity contribution in [2.75, 3.05) is 18.5 Å². The summed E-state index contributed by atoms with van der Waals surface area (Å²) in [6.45, 7) is 0.941. The predicted molar refractivity (Wildman–Crippen MR) is 82.9 cm³/mol. The van der Waals surface area contributed by atoms with Crippen LogP contribution in [0.5, 0.6) is 0 Å². The van der Waals surface area contributed by atoms with Crippen molar-refractivity contribution in [1.82, 2.24) is 0 Å². The number of carbonyl (C=O) groups is 1. The summed E-state index contributed by atoms with van der Waals surface area (Å²) < 4.78 is 0.839. The third-order valence-corrected chi connectivity index (χ3v) is 3.82. The maximum atomic E-state index is 10.8. The monoisotopic (exact) mass is 317 g/mol. The van der Waals surface area contributed by atoms with Crippen LogP contribution in [0.2, 0.25) is 0 Å². The van der Waals surface area contributed by atoms with Gasteiger partial charge in [0, 0.05) is 29.3 Å². The molecule has 2 rings (SSSR count). The van der Waals surface area contributed by atoms with E-state index in [1.54, 1.807) is 0 Å². The molecule has 0 spiro atoms. The van der Waals surface area contributed by atoms with Crippen LogP contribution in [0.1, 0.15) is 15.9 Å². The van der Waals surface area contributed by atoms with Gasteiger partial charge in [0.25, 0.3) is 0 Å². The van der Waals surface area contributed by atoms with Gasteiger partial charge in [-0.05, 0) is 46.1 Å². The molecule has 0 radical (unpaired) electrons. The van der Waals surface area contributed by atoms with Gasteiger partial charge in [0.1, 0.15) is 0 Å². The zero-order chi connectivity index (χ0) is 13.7. The number of likely N-dealkylation sites (N-methyl/N-ethyl adjacent to an activating group) is 1. The predicted octanol–water partition coefficient (Wildman–Crippen LogP) is 3.94. The molecule has 0 N–H and O–H groups in total. The Bertz CT molecular complexity index is 554. The molecule has 0 bridgehead atoms. The number of anilines is 1. The van der Waals surface area contributed by atoms with Crippen LogP contribution in [0.25, 0.3) is 0 Å². The van der Waals surface area contributed by atoms with Gasteiger partial charge >= 0.3 is 0 Å². The minimum atomic E-state index is 0.681. The number of hydrogen-bond acceptors (Lipinski definition) is 2. The van der Waals surface area contributed by atoms with Crippen LogP contribution in [0, 0.1) is 0 Å². The van der Waals surface area contributed by atoms with Gasteiger partial charge in [0.15, 0.2) is 6.29 Å². The molecule has 2 aromatic carbocycles. The first-order valence-electron chi connectivity index (χ1n) is 6.20. The molecule has 0 unspecified atom stereocenters. The number of benzene rings is 2. The summed E-state index contributed by atoms with van der Waals surface area (Å²) in [5.74, 6) is 0. The lowest BCUT2D eigenvalue weighted by atomic mass is 10.1. The van der Waals surface area contributed by atoms with Gasteiger partial charge in [-0.15, -0.1) is 0 Å². The first-order chi connectivity index (χ1) is 9.20. The lowest BCUT2D eigenvalue weighted by Crippen LogP contribution is -2.20. The number of nitrogens with zero attached hydrogens (tertiary/aromatic N) is 1. The van der Waals surface area contributed by atoms with E-state index in [1.165, 1.54) is 5.56 Å². The highest BCUT2D eigenvalue weighted by Crippen LogP contribution is 2.22. The maximum absolute atomic E-state index is 10.8. The number of halogens is 1. The Labute approximate surface area is 122 Å². The van der Waals surface area contributed by atoms with Crippen molar-refractivity contribution in [2.24, 2.45) is 0 Å². The van der Waals surface area contributed by atoms with Crippen LogP contribution in [-0.4, -0.2) is 19.9 Å². The molecule has 0 amide bonds. The van der Waals surface area contributed by atoms with E-state index >= 15 is 0 Å². The summed E-state index contributed by atoms with van der Waals surface area (Å²) in [5, 5.41) is 0. The van der Waals surface area contributed by atoms with Gasteiger partial charge < -0.3 is 4.90 Å². The third-order valence-electron chi connectivity index (χ3n) is 3.13. The van der Waals surface area contributed by atoms with Gasteiger partial charge in [-0.25, -0.2) is 0 Å². The minimum Gasteiger partial charge on any atom is -0.374 e. The molecule has 98 valence electrons. The van der Waals surface area contributed by atoms with E-state index in [-0.39, 0.29) is 0 Å². The Hall–Kier alpha value is -1.61. The van der Waals surface area contributed by atoms with Crippen LogP contribution >= 0.6 is 15.9 Å². The second kappa shape index (κ2) is 6.53. The second-order valence-corrected chi connectivity index (χ2v) is 5.34. The largest absolute Gasteiger partial charge is 0.374 e. The fraction of sp³-hybridized carbons (Fsp3) is 0.188. The maximum Gasteiger partial charge on any atom is 0.151 e. The molecule has 0 fully saturated rings. The van der Waals surface area contributed by atoms with E-state index in [4.69, 9.17) is 0 Å². The van der Waals surface area contributed by atoms with Gasteiger partial charge in [-0.3, -0.25) is 4.79 Å². The Balaban J connectivity index is 2.02. The lowest BCUT2D eigenvalue weighted by Gasteiger charge is -2.20. The van der Waals surface area contributed by atoms with E-state index in [0.29, 0.717) is 5.56 Å². The molecule has 0 saturated carbocycles. The number of rotatable bonds is 5. The van der Waals surface area contributed by atoms with Crippen molar-refractivity contribution in [1.29, 1.82) is 0 Å². The molecule has 0 aliphatic heterocycles. The fourth-order valence-electron chi connectivity index (χ4n) is 1.92. The van der Waals surface area contributed by atoms with Crippen molar-refractivity contribution in [3.05, 3.63) is 64.1 Å². The first-order valence-corrected chi connectivity index (χ1v) is 7.00. The van der Waals surface area contributed by atoms with E-state index < -0.39 is 0 Å². The third kappa shape index (κ3) is 3.67. The summed E-state index contributed by atoms with van der Waals surface area (Å²) in [6, 6.07) is 16.2. The fourth-order valence-corrected chi connectivity index (χ4v) is 2.38. The van der Waals surface area contributed by atoms with Crippen LogP contribution in [0.3, 0.4) is 0 Å². The Morgan fingerprint density at radius 2 is 1.89 bits per heavy atom. The normalized spacial score (nSPS) is 10.2. The zero-order valence-corrected chi connectivity index (χ0v) is 12.4. The smallest absolute Gasteiger partial charge is 0.151 e. The number of aldehydes is 1. The standard InChI is InChI=1S/C16H16BrNO/c1-18(10-9-13-5-3-2-4-6-13)15-8-7-14(12-19)16(17)11-15/h2-8,11-12H,9-10H2,1H3. The molecule has 0 heterocycles. The van der Waals surface area contributed by atoms with E-state index in [2.05, 4.69) is 52.1 Å². The number of carbonyl (C=O) groups excluding carboxylic acids is 1. The van der Waals surface area contributed by atoms with Crippen LogP contribution < -0.4 is 4.90 Å². The van der Waals surface area contributed by atoms with Crippen molar-refractivity contribution < 1.29 is 4.79 Å². The summed E-state index contributed by atoms with van der Waals surface area (Å²) in [6.07, 6.45) is 1.86. The van der Waals surface area contributed by atoms with E-state index in [9.17, 15) is 4.79 Å². The minimum absolute atomic E-state index is 0.681. The van der Waals surface area contributed by atoms with E-state index in [1.807, 2.05) is 24.3 Å². The summed E-state index contributed by atoms with van der Waals surface area (Å²) in [5.41, 5.74) is 3.12. The molecule has 0 aliphatic rings. The van der Waals surface area contributed by atoms with Gasteiger partial charge in [0.05, 0.1) is 0 Å². The molecule has 0 aliphatic carbocycles. The summed E-state index contributed by atoms with van der Waals surface area (Å²) in [4.78, 5) is 13.0. The van der Waals surface area contributed by atoms with Crippen LogP contribution in [0.4, 0.5) is 5.69 Å². The molecule has 3 heteroatoms. The molecule has 19 heavy (non-hydrogen) atoms. The zero-order valence-electron chi connectivity index (χ0n) is 10.8. The van der Waals surface area contributed by atoms with Crippen LogP contribution in [-0.2, 0) is 6.42 Å². The van der Waals surface area contributed by atoms with Gasteiger partial charge in [-0.1, -0.05) is 30.3 Å². The van der Waals surface area contributed by atoms with Gasteiger partial charge in [-0.2, -0.15) is 0 Å². The van der Waals surface area contributed by atoms with E-state index in [0.717, 1.165) is 29.4 Å². The SMILES string of the molecule is CN(CCc1ccccc1)c1ccc(C=O)c(Br)c1. The average Bonchev–Trinajstić information content (AvgIpc) is 2.45.